The Morgan fingerprint density at radius 3 is 2.93 bits per heavy atom. The van der Waals surface area contributed by atoms with Crippen LogP contribution in [0.5, 0.6) is 0 Å². The molecule has 1 rings (SSSR count). The second kappa shape index (κ2) is 5.47. The van der Waals surface area contributed by atoms with Crippen LogP contribution in [-0.4, -0.2) is 38.8 Å². The highest BCUT2D eigenvalue weighted by Crippen LogP contribution is 2.25. The average molecular weight is 214 g/mol. The summed E-state index contributed by atoms with van der Waals surface area (Å²) < 4.78 is 4.99. The summed E-state index contributed by atoms with van der Waals surface area (Å²) in [5.41, 5.74) is -0.250. The van der Waals surface area contributed by atoms with Gasteiger partial charge in [0.1, 0.15) is 0 Å². The van der Waals surface area contributed by atoms with Crippen molar-refractivity contribution in [1.82, 2.24) is 10.6 Å². The molecule has 1 heterocycles. The predicted octanol–water partition coefficient (Wildman–Crippen LogP) is 0.527. The summed E-state index contributed by atoms with van der Waals surface area (Å²) in [4.78, 5) is 12.0. The van der Waals surface area contributed by atoms with Crippen molar-refractivity contribution in [3.8, 4) is 0 Å². The Bertz CT molecular complexity index is 213. The van der Waals surface area contributed by atoms with E-state index in [-0.39, 0.29) is 17.4 Å². The summed E-state index contributed by atoms with van der Waals surface area (Å²) in [5, 5.41) is 6.26. The molecule has 0 aromatic rings. The molecule has 2 N–H and O–H groups in total. The summed E-state index contributed by atoms with van der Waals surface area (Å²) in [6.07, 6.45) is 2.04. The number of amides is 1. The number of ether oxygens (including phenoxy) is 1. The van der Waals surface area contributed by atoms with Crippen molar-refractivity contribution in [3.63, 3.8) is 0 Å². The van der Waals surface area contributed by atoms with Crippen LogP contribution in [0.4, 0.5) is 0 Å². The molecule has 0 spiro atoms. The van der Waals surface area contributed by atoms with Gasteiger partial charge in [-0.2, -0.15) is 0 Å². The number of methoxy groups -OCH3 is 1. The molecule has 2 atom stereocenters. The van der Waals surface area contributed by atoms with E-state index in [1.54, 1.807) is 7.11 Å². The van der Waals surface area contributed by atoms with E-state index in [1.807, 2.05) is 13.8 Å². The summed E-state index contributed by atoms with van der Waals surface area (Å²) in [6, 6.07) is 0.0845. The van der Waals surface area contributed by atoms with Crippen LogP contribution in [0.15, 0.2) is 0 Å². The van der Waals surface area contributed by atoms with Crippen molar-refractivity contribution in [2.24, 2.45) is 5.41 Å². The van der Waals surface area contributed by atoms with Crippen LogP contribution in [0.3, 0.4) is 0 Å². The third kappa shape index (κ3) is 3.47. The monoisotopic (exact) mass is 214 g/mol. The van der Waals surface area contributed by atoms with Crippen molar-refractivity contribution in [2.45, 2.75) is 32.7 Å². The maximum atomic E-state index is 12.0. The quantitative estimate of drug-likeness (QED) is 0.717. The van der Waals surface area contributed by atoms with Crippen LogP contribution in [0, 0.1) is 5.41 Å². The van der Waals surface area contributed by atoms with Gasteiger partial charge in [0.25, 0.3) is 0 Å². The normalized spacial score (nSPS) is 28.5. The van der Waals surface area contributed by atoms with Gasteiger partial charge in [0.2, 0.25) is 5.91 Å². The summed E-state index contributed by atoms with van der Waals surface area (Å²) >= 11 is 0. The molecule has 1 saturated heterocycles. The predicted molar refractivity (Wildman–Crippen MR) is 59.7 cm³/mol. The molecule has 1 aliphatic rings. The molecule has 4 heteroatoms. The Labute approximate surface area is 91.8 Å². The van der Waals surface area contributed by atoms with E-state index in [0.717, 1.165) is 25.9 Å². The molecule has 0 aromatic heterocycles. The molecule has 88 valence electrons. The van der Waals surface area contributed by atoms with Crippen LogP contribution in [0.2, 0.25) is 0 Å². The van der Waals surface area contributed by atoms with Gasteiger partial charge in [0, 0.05) is 19.7 Å². The Morgan fingerprint density at radius 1 is 1.67 bits per heavy atom. The van der Waals surface area contributed by atoms with Gasteiger partial charge in [-0.05, 0) is 33.2 Å². The van der Waals surface area contributed by atoms with Crippen LogP contribution >= 0.6 is 0 Å². The molecule has 15 heavy (non-hydrogen) atoms. The first-order chi connectivity index (χ1) is 7.08. The van der Waals surface area contributed by atoms with Crippen LogP contribution < -0.4 is 10.6 Å². The van der Waals surface area contributed by atoms with E-state index >= 15 is 0 Å². The minimum atomic E-state index is -0.250. The number of carbonyl (C=O) groups excluding carboxylic acids is 1. The molecule has 0 bridgehead atoms. The van der Waals surface area contributed by atoms with E-state index in [4.69, 9.17) is 4.74 Å². The van der Waals surface area contributed by atoms with E-state index in [0.29, 0.717) is 6.61 Å². The molecule has 1 amide bonds. The zero-order valence-electron chi connectivity index (χ0n) is 9.93. The van der Waals surface area contributed by atoms with Gasteiger partial charge in [-0.15, -0.1) is 0 Å². The highest BCUT2D eigenvalue weighted by molar-refractivity contribution is 5.82. The zero-order valence-corrected chi connectivity index (χ0v) is 9.93. The first-order valence-corrected chi connectivity index (χ1v) is 5.59. The van der Waals surface area contributed by atoms with Crippen molar-refractivity contribution in [1.29, 1.82) is 0 Å². The molecule has 0 aromatic carbocycles. The second-order valence-corrected chi connectivity index (χ2v) is 4.67. The van der Waals surface area contributed by atoms with Gasteiger partial charge < -0.3 is 15.4 Å². The fourth-order valence-electron chi connectivity index (χ4n) is 1.94. The van der Waals surface area contributed by atoms with E-state index in [9.17, 15) is 4.79 Å². The Balaban J connectivity index is 2.44. The number of piperidine rings is 1. The van der Waals surface area contributed by atoms with Gasteiger partial charge in [-0.3, -0.25) is 4.79 Å². The number of nitrogens with one attached hydrogen (secondary N) is 2. The number of hydrogen-bond donors (Lipinski definition) is 2. The maximum absolute atomic E-state index is 12.0. The topological polar surface area (TPSA) is 50.4 Å². The first kappa shape index (κ1) is 12.5. The smallest absolute Gasteiger partial charge is 0.227 e. The summed E-state index contributed by atoms with van der Waals surface area (Å²) in [5.74, 6) is 0.138. The lowest BCUT2D eigenvalue weighted by molar-refractivity contribution is -0.132. The van der Waals surface area contributed by atoms with Crippen LogP contribution in [0.25, 0.3) is 0 Å². The molecule has 0 saturated carbocycles. The lowest BCUT2D eigenvalue weighted by atomic mass is 9.82. The van der Waals surface area contributed by atoms with Crippen molar-refractivity contribution < 1.29 is 9.53 Å². The van der Waals surface area contributed by atoms with E-state index in [1.165, 1.54) is 0 Å². The van der Waals surface area contributed by atoms with E-state index < -0.39 is 0 Å². The van der Waals surface area contributed by atoms with E-state index in [2.05, 4.69) is 10.6 Å². The third-order valence-corrected chi connectivity index (χ3v) is 2.94. The minimum Gasteiger partial charge on any atom is -0.383 e. The van der Waals surface area contributed by atoms with Gasteiger partial charge in [0.15, 0.2) is 0 Å². The Kier molecular flexibility index (Phi) is 4.54. The molecule has 2 unspecified atom stereocenters. The lowest BCUT2D eigenvalue weighted by Crippen LogP contribution is -2.51. The van der Waals surface area contributed by atoms with Crippen molar-refractivity contribution >= 4 is 5.91 Å². The molecular formula is C11H22N2O2. The SMILES string of the molecule is COCC(C)NC(=O)C1(C)CCCNC1. The van der Waals surface area contributed by atoms with Crippen LogP contribution in [0.1, 0.15) is 26.7 Å². The minimum absolute atomic E-state index is 0.0845. The molecule has 4 nitrogen and oxygen atoms in total. The molecular weight excluding hydrogens is 192 g/mol. The van der Waals surface area contributed by atoms with Crippen molar-refractivity contribution in [2.75, 3.05) is 26.8 Å². The fraction of sp³-hybridized carbons (Fsp3) is 0.909. The van der Waals surface area contributed by atoms with Gasteiger partial charge >= 0.3 is 0 Å². The van der Waals surface area contributed by atoms with Gasteiger partial charge in [-0.1, -0.05) is 0 Å². The van der Waals surface area contributed by atoms with Crippen molar-refractivity contribution in [3.05, 3.63) is 0 Å². The van der Waals surface area contributed by atoms with Crippen LogP contribution in [-0.2, 0) is 9.53 Å². The second-order valence-electron chi connectivity index (χ2n) is 4.67. The third-order valence-electron chi connectivity index (χ3n) is 2.94. The van der Waals surface area contributed by atoms with Gasteiger partial charge in [-0.25, -0.2) is 0 Å². The molecule has 1 aliphatic heterocycles. The number of hydrogen-bond acceptors (Lipinski definition) is 3. The Hall–Kier alpha value is -0.610. The summed E-state index contributed by atoms with van der Waals surface area (Å²) in [7, 11) is 1.65. The summed E-state index contributed by atoms with van der Waals surface area (Å²) in [6.45, 7) is 6.35. The highest BCUT2D eigenvalue weighted by Gasteiger charge is 2.34. The molecule has 0 radical (unpaired) electrons. The fourth-order valence-corrected chi connectivity index (χ4v) is 1.94. The molecule has 1 fully saturated rings. The zero-order chi connectivity index (χ0) is 11.3. The number of rotatable bonds is 4. The Morgan fingerprint density at radius 2 is 2.40 bits per heavy atom. The lowest BCUT2D eigenvalue weighted by Gasteiger charge is -2.33. The first-order valence-electron chi connectivity index (χ1n) is 5.59. The average Bonchev–Trinajstić information content (AvgIpc) is 2.19. The largest absolute Gasteiger partial charge is 0.383 e. The molecule has 0 aliphatic carbocycles. The van der Waals surface area contributed by atoms with Gasteiger partial charge in [0.05, 0.1) is 12.0 Å². The number of carbonyl (C=O) groups is 1. The highest BCUT2D eigenvalue weighted by atomic mass is 16.5. The standard InChI is InChI=1S/C11H22N2O2/c1-9(7-15-3)13-10(14)11(2)5-4-6-12-8-11/h9,12H,4-8H2,1-3H3,(H,13,14). The maximum Gasteiger partial charge on any atom is 0.227 e.